The van der Waals surface area contributed by atoms with E-state index in [1.165, 1.54) is 35.4 Å². The van der Waals surface area contributed by atoms with E-state index in [9.17, 15) is 13.2 Å². The van der Waals surface area contributed by atoms with Gasteiger partial charge in [-0.05, 0) is 104 Å². The van der Waals surface area contributed by atoms with E-state index >= 15 is 0 Å². The Morgan fingerprint density at radius 2 is 1.34 bits per heavy atom. The number of nitrogens with zero attached hydrogens (tertiary/aromatic N) is 13. The van der Waals surface area contributed by atoms with Crippen molar-refractivity contribution in [1.82, 2.24) is 59.7 Å². The number of anilines is 1. The van der Waals surface area contributed by atoms with Crippen LogP contribution >= 0.6 is 0 Å². The molecule has 0 spiro atoms. The summed E-state index contributed by atoms with van der Waals surface area (Å²) in [5, 5.41) is 18.6. The Kier molecular flexibility index (Phi) is 11.3. The summed E-state index contributed by atoms with van der Waals surface area (Å²) >= 11 is 0. The first kappa shape index (κ1) is 44.1. The molecule has 68 heavy (non-hydrogen) atoms. The molecule has 1 atom stereocenters. The zero-order valence-electron chi connectivity index (χ0n) is 38.1. The van der Waals surface area contributed by atoms with Crippen molar-refractivity contribution < 1.29 is 27.0 Å². The number of benzene rings is 4. The summed E-state index contributed by atoms with van der Waals surface area (Å²) in [7, 11) is 2.17. The molecule has 1 unspecified atom stereocenters. The highest BCUT2D eigenvalue weighted by Gasteiger charge is 2.31. The topological polar surface area (TPSA) is 168 Å². The van der Waals surface area contributed by atoms with Crippen molar-refractivity contribution in [3.63, 3.8) is 0 Å². The van der Waals surface area contributed by atoms with E-state index in [1.807, 2.05) is 42.8 Å². The number of fused-ring (bicyclic) bond motifs is 1. The van der Waals surface area contributed by atoms with Gasteiger partial charge in [0.2, 0.25) is 23.3 Å². The maximum atomic E-state index is 12.6. The number of piperazine rings is 1. The molecule has 0 saturated carbocycles. The Balaban J connectivity index is 0.809. The van der Waals surface area contributed by atoms with Crippen LogP contribution in [0.25, 0.3) is 57.1 Å². The summed E-state index contributed by atoms with van der Waals surface area (Å²) in [6.45, 7) is 13.7. The van der Waals surface area contributed by atoms with E-state index in [4.69, 9.17) is 19.1 Å². The van der Waals surface area contributed by atoms with Gasteiger partial charge in [-0.1, -0.05) is 73.5 Å². The first-order valence-corrected chi connectivity index (χ1v) is 22.0. The number of likely N-dealkylation sites (N-methyl/N-ethyl adjacent to an activating group) is 1. The standard InChI is InChI=1S/C49H46F3N13O3/c1-29-53-43(44-57-46(67-61-44)33-13-17-34(18-14-33)48(3,4)5)58-64(29)26-31-9-7-10-36(25-31)63-24-23-62(6)41(28-63)39-11-8-12-40-38(39)22-19-35(55-40)27-65-30(2)54-45(59-65)47-56-42(60-68-47)32-15-20-37(21-16-32)66-49(50,51)52/h7-22,25,41H,23-24,26-28H2,1-6H3. The fourth-order valence-corrected chi connectivity index (χ4v) is 8.33. The highest BCUT2D eigenvalue weighted by Crippen LogP contribution is 2.33. The number of pyridine rings is 1. The average molecular weight is 922 g/mol. The smallest absolute Gasteiger partial charge is 0.406 e. The maximum absolute atomic E-state index is 12.6. The Morgan fingerprint density at radius 3 is 2.10 bits per heavy atom. The lowest BCUT2D eigenvalue weighted by Gasteiger charge is -2.41. The van der Waals surface area contributed by atoms with Crippen LogP contribution in [-0.4, -0.2) is 92.7 Å². The number of hydrogen-bond donors (Lipinski definition) is 0. The molecule has 0 amide bonds. The van der Waals surface area contributed by atoms with Gasteiger partial charge in [0.05, 0.1) is 30.3 Å². The van der Waals surface area contributed by atoms with Gasteiger partial charge in [0, 0.05) is 41.8 Å². The second-order valence-corrected chi connectivity index (χ2v) is 17.9. The molecule has 1 saturated heterocycles. The van der Waals surface area contributed by atoms with Crippen LogP contribution in [0.3, 0.4) is 0 Å². The molecule has 6 heterocycles. The van der Waals surface area contributed by atoms with E-state index in [0.29, 0.717) is 42.0 Å². The molecule has 1 aliphatic rings. The minimum atomic E-state index is -4.79. The maximum Gasteiger partial charge on any atom is 0.573 e. The monoisotopic (exact) mass is 921 g/mol. The molecule has 0 N–H and O–H groups in total. The largest absolute Gasteiger partial charge is 0.573 e. The van der Waals surface area contributed by atoms with Gasteiger partial charge >= 0.3 is 6.36 Å². The lowest BCUT2D eigenvalue weighted by molar-refractivity contribution is -0.274. The number of alkyl halides is 3. The molecule has 346 valence electrons. The van der Waals surface area contributed by atoms with Crippen molar-refractivity contribution in [2.75, 3.05) is 31.6 Å². The number of rotatable bonds is 11. The van der Waals surface area contributed by atoms with Gasteiger partial charge in [-0.2, -0.15) is 9.97 Å². The third kappa shape index (κ3) is 9.29. The van der Waals surface area contributed by atoms with Crippen LogP contribution in [0.4, 0.5) is 18.9 Å². The van der Waals surface area contributed by atoms with Gasteiger partial charge in [0.25, 0.3) is 11.8 Å². The molecule has 5 aromatic heterocycles. The average Bonchev–Trinajstić information content (AvgIpc) is 4.14. The minimum Gasteiger partial charge on any atom is -0.406 e. The predicted octanol–water partition coefficient (Wildman–Crippen LogP) is 9.25. The van der Waals surface area contributed by atoms with Gasteiger partial charge in [-0.15, -0.1) is 23.4 Å². The van der Waals surface area contributed by atoms with Gasteiger partial charge in [0.15, 0.2) is 0 Å². The zero-order valence-corrected chi connectivity index (χ0v) is 38.1. The summed E-state index contributed by atoms with van der Waals surface area (Å²) in [6.07, 6.45) is -4.79. The molecule has 1 fully saturated rings. The summed E-state index contributed by atoms with van der Waals surface area (Å²) < 4.78 is 56.4. The van der Waals surface area contributed by atoms with Gasteiger partial charge < -0.3 is 18.7 Å². The second kappa shape index (κ2) is 17.4. The van der Waals surface area contributed by atoms with E-state index in [1.54, 1.807) is 4.68 Å². The van der Waals surface area contributed by atoms with Crippen LogP contribution in [0.1, 0.15) is 60.8 Å². The van der Waals surface area contributed by atoms with Crippen LogP contribution in [0.15, 0.2) is 112 Å². The molecular formula is C49H46F3N13O3. The van der Waals surface area contributed by atoms with Crippen molar-refractivity contribution >= 4 is 16.6 Å². The second-order valence-electron chi connectivity index (χ2n) is 17.9. The summed E-state index contributed by atoms with van der Waals surface area (Å²) in [4.78, 5) is 28.1. The van der Waals surface area contributed by atoms with Crippen molar-refractivity contribution in [2.24, 2.45) is 0 Å². The molecule has 1 aliphatic heterocycles. The molecule has 0 radical (unpaired) electrons. The van der Waals surface area contributed by atoms with Gasteiger partial charge in [-0.3, -0.25) is 9.88 Å². The Labute approximate surface area is 388 Å². The summed E-state index contributed by atoms with van der Waals surface area (Å²) in [5.41, 5.74) is 7.62. The highest BCUT2D eigenvalue weighted by molar-refractivity contribution is 5.83. The minimum absolute atomic E-state index is 0.0419. The van der Waals surface area contributed by atoms with Crippen LogP contribution in [0.5, 0.6) is 5.75 Å². The van der Waals surface area contributed by atoms with Crippen molar-refractivity contribution in [2.45, 2.75) is 65.5 Å². The van der Waals surface area contributed by atoms with Crippen molar-refractivity contribution in [1.29, 1.82) is 0 Å². The first-order chi connectivity index (χ1) is 32.6. The van der Waals surface area contributed by atoms with E-state index in [2.05, 4.69) is 132 Å². The molecule has 10 rings (SSSR count). The Morgan fingerprint density at radius 1 is 0.662 bits per heavy atom. The Hall–Kier alpha value is -7.80. The molecule has 0 aliphatic carbocycles. The fourth-order valence-electron chi connectivity index (χ4n) is 8.33. The summed E-state index contributed by atoms with van der Waals surface area (Å²) in [6, 6.07) is 32.4. The van der Waals surface area contributed by atoms with Crippen LogP contribution < -0.4 is 9.64 Å². The summed E-state index contributed by atoms with van der Waals surface area (Å²) in [5.74, 6) is 2.62. The third-order valence-electron chi connectivity index (χ3n) is 12.1. The lowest BCUT2D eigenvalue weighted by Crippen LogP contribution is -2.46. The van der Waals surface area contributed by atoms with Crippen molar-refractivity contribution in [3.8, 4) is 52.0 Å². The number of ether oxygens (including phenoxy) is 1. The van der Waals surface area contributed by atoms with Crippen molar-refractivity contribution in [3.05, 3.63) is 137 Å². The highest BCUT2D eigenvalue weighted by atomic mass is 19.4. The van der Waals surface area contributed by atoms with E-state index < -0.39 is 6.36 Å². The SMILES string of the molecule is Cc1nc(-c2noc(-c3ccc(C(C)(C)C)cc3)n2)nn1Cc1cccc(N2CCN(C)C(c3cccc4nc(Cn5nc(-c6nc(-c7ccc(OC(F)(F)F)cc7)no6)nc5C)ccc34)C2)c1. The van der Waals surface area contributed by atoms with Gasteiger partial charge in [-0.25, -0.2) is 19.3 Å². The molecule has 9 aromatic rings. The van der Waals surface area contributed by atoms with E-state index in [-0.39, 0.29) is 34.7 Å². The predicted molar refractivity (Wildman–Crippen MR) is 246 cm³/mol. The number of aromatic nitrogens is 11. The van der Waals surface area contributed by atoms with Crippen LogP contribution in [0.2, 0.25) is 0 Å². The molecule has 16 nitrogen and oxygen atoms in total. The number of hydrogen-bond acceptors (Lipinski definition) is 14. The number of aryl methyl sites for hydroxylation is 2. The third-order valence-corrected chi connectivity index (χ3v) is 12.1. The molecule has 19 heteroatoms. The van der Waals surface area contributed by atoms with Gasteiger partial charge in [0.1, 0.15) is 17.4 Å². The first-order valence-electron chi connectivity index (χ1n) is 22.0. The van der Waals surface area contributed by atoms with E-state index in [0.717, 1.165) is 58.9 Å². The Bertz CT molecular complexity index is 3240. The molecule has 0 bridgehead atoms. The lowest BCUT2D eigenvalue weighted by atomic mass is 9.87. The quantitative estimate of drug-likeness (QED) is 0.120. The molecular weight excluding hydrogens is 876 g/mol. The van der Waals surface area contributed by atoms with Crippen LogP contribution in [-0.2, 0) is 18.5 Å². The molecule has 4 aromatic carbocycles. The normalized spacial score (nSPS) is 14.8. The van der Waals surface area contributed by atoms with Crippen LogP contribution in [0, 0.1) is 13.8 Å². The zero-order chi connectivity index (χ0) is 47.3. The fraction of sp³-hybridized carbons (Fsp3) is 0.286. The number of halogens is 3.